The Balaban J connectivity index is 2.37. The Bertz CT molecular complexity index is 706. The molecular formula is C17H16ClNO. The minimum absolute atomic E-state index is 0.150. The third kappa shape index (κ3) is 1.75. The number of amides is 1. The number of carbonyl (C=O) groups is 1. The van der Waals surface area contributed by atoms with Gasteiger partial charge in [0.15, 0.2) is 0 Å². The molecule has 0 fully saturated rings. The molecule has 0 aromatic heterocycles. The molecule has 3 heteroatoms. The van der Waals surface area contributed by atoms with E-state index in [2.05, 4.69) is 32.0 Å². The highest BCUT2D eigenvalue weighted by Crippen LogP contribution is 2.49. The standard InChI is InChI=1S/C17H16ClNO/c1-11-8-9-13-15(10-11)19(16(18)20)14-7-5-4-6-12(14)17(13,2)3/h4-10H,1-3H3. The van der Waals surface area contributed by atoms with Crippen molar-refractivity contribution in [3.8, 4) is 0 Å². The minimum Gasteiger partial charge on any atom is -0.267 e. The van der Waals surface area contributed by atoms with Gasteiger partial charge < -0.3 is 0 Å². The number of rotatable bonds is 0. The summed E-state index contributed by atoms with van der Waals surface area (Å²) in [6.07, 6.45) is 0. The summed E-state index contributed by atoms with van der Waals surface area (Å²) in [6.45, 7) is 6.37. The van der Waals surface area contributed by atoms with E-state index >= 15 is 0 Å². The number of para-hydroxylation sites is 1. The molecular weight excluding hydrogens is 270 g/mol. The molecule has 0 aliphatic carbocycles. The Morgan fingerprint density at radius 3 is 2.40 bits per heavy atom. The summed E-state index contributed by atoms with van der Waals surface area (Å²) >= 11 is 5.84. The average Bonchev–Trinajstić information content (AvgIpc) is 2.38. The minimum atomic E-state index is -0.472. The van der Waals surface area contributed by atoms with Gasteiger partial charge in [-0.15, -0.1) is 0 Å². The Labute approximate surface area is 124 Å². The van der Waals surface area contributed by atoms with Crippen LogP contribution < -0.4 is 4.90 Å². The van der Waals surface area contributed by atoms with Gasteiger partial charge in [-0.3, -0.25) is 9.69 Å². The monoisotopic (exact) mass is 285 g/mol. The number of halogens is 1. The molecule has 1 heterocycles. The first-order valence-corrected chi connectivity index (χ1v) is 7.01. The third-order valence-electron chi connectivity index (χ3n) is 4.06. The fraction of sp³-hybridized carbons (Fsp3) is 0.235. The van der Waals surface area contributed by atoms with Crippen molar-refractivity contribution in [3.63, 3.8) is 0 Å². The molecule has 0 radical (unpaired) electrons. The highest BCUT2D eigenvalue weighted by atomic mass is 35.5. The van der Waals surface area contributed by atoms with E-state index < -0.39 is 5.37 Å². The van der Waals surface area contributed by atoms with Gasteiger partial charge in [0.1, 0.15) is 0 Å². The van der Waals surface area contributed by atoms with Gasteiger partial charge in [-0.05, 0) is 47.3 Å². The number of fused-ring (bicyclic) bond motifs is 2. The number of anilines is 2. The predicted molar refractivity (Wildman–Crippen MR) is 83.1 cm³/mol. The van der Waals surface area contributed by atoms with Gasteiger partial charge in [-0.2, -0.15) is 0 Å². The molecule has 0 saturated carbocycles. The molecule has 2 nitrogen and oxygen atoms in total. The first kappa shape index (κ1) is 13.2. The van der Waals surface area contributed by atoms with Crippen LogP contribution in [0.15, 0.2) is 42.5 Å². The van der Waals surface area contributed by atoms with Crippen molar-refractivity contribution in [1.29, 1.82) is 0 Å². The van der Waals surface area contributed by atoms with Crippen LogP contribution in [-0.4, -0.2) is 5.37 Å². The number of benzene rings is 2. The zero-order valence-electron chi connectivity index (χ0n) is 11.8. The van der Waals surface area contributed by atoms with Gasteiger partial charge in [-0.25, -0.2) is 0 Å². The molecule has 0 spiro atoms. The smallest absolute Gasteiger partial charge is 0.267 e. The van der Waals surface area contributed by atoms with E-state index in [-0.39, 0.29) is 5.41 Å². The van der Waals surface area contributed by atoms with Crippen LogP contribution in [0.2, 0.25) is 0 Å². The Hall–Kier alpha value is -1.80. The summed E-state index contributed by atoms with van der Waals surface area (Å²) < 4.78 is 0. The molecule has 1 amide bonds. The lowest BCUT2D eigenvalue weighted by atomic mass is 9.73. The van der Waals surface area contributed by atoms with Crippen LogP contribution in [0.5, 0.6) is 0 Å². The second-order valence-corrected chi connectivity index (χ2v) is 6.07. The number of aryl methyl sites for hydroxylation is 1. The largest absolute Gasteiger partial charge is 0.325 e. The summed E-state index contributed by atoms with van der Waals surface area (Å²) in [6, 6.07) is 14.1. The van der Waals surface area contributed by atoms with Crippen molar-refractivity contribution in [3.05, 3.63) is 59.2 Å². The van der Waals surface area contributed by atoms with E-state index in [1.807, 2.05) is 31.2 Å². The normalized spacial score (nSPS) is 15.5. The number of hydrogen-bond acceptors (Lipinski definition) is 1. The van der Waals surface area contributed by atoms with Crippen molar-refractivity contribution in [2.24, 2.45) is 0 Å². The van der Waals surface area contributed by atoms with Crippen LogP contribution in [0, 0.1) is 6.92 Å². The van der Waals surface area contributed by atoms with E-state index in [1.165, 1.54) is 0 Å². The van der Waals surface area contributed by atoms with Crippen molar-refractivity contribution in [2.75, 3.05) is 4.90 Å². The van der Waals surface area contributed by atoms with Crippen LogP contribution in [0.1, 0.15) is 30.5 Å². The van der Waals surface area contributed by atoms with Gasteiger partial charge in [0.05, 0.1) is 11.4 Å². The molecule has 3 rings (SSSR count). The second-order valence-electron chi connectivity index (χ2n) is 5.75. The van der Waals surface area contributed by atoms with E-state index in [0.717, 1.165) is 28.1 Å². The zero-order chi connectivity index (χ0) is 14.5. The fourth-order valence-electron chi connectivity index (χ4n) is 3.02. The molecule has 102 valence electrons. The van der Waals surface area contributed by atoms with Crippen LogP contribution >= 0.6 is 11.6 Å². The highest BCUT2D eigenvalue weighted by Gasteiger charge is 2.37. The van der Waals surface area contributed by atoms with Crippen LogP contribution in [0.3, 0.4) is 0 Å². The predicted octanol–water partition coefficient (Wildman–Crippen LogP) is 5.13. The van der Waals surface area contributed by atoms with Crippen LogP contribution in [0.25, 0.3) is 0 Å². The maximum atomic E-state index is 11.9. The molecule has 1 aliphatic heterocycles. The SMILES string of the molecule is Cc1ccc2c(c1)N(C(=O)Cl)c1ccccc1C2(C)C. The summed E-state index contributed by atoms with van der Waals surface area (Å²) in [5, 5.41) is -0.472. The zero-order valence-corrected chi connectivity index (χ0v) is 12.5. The van der Waals surface area contributed by atoms with Gasteiger partial charge in [0, 0.05) is 5.41 Å². The Morgan fingerprint density at radius 1 is 1.05 bits per heavy atom. The molecule has 1 aliphatic rings. The molecule has 0 atom stereocenters. The van der Waals surface area contributed by atoms with Gasteiger partial charge >= 0.3 is 5.37 Å². The highest BCUT2D eigenvalue weighted by molar-refractivity contribution is 6.67. The van der Waals surface area contributed by atoms with Crippen molar-refractivity contribution >= 4 is 28.3 Å². The maximum Gasteiger partial charge on any atom is 0.325 e. The molecule has 20 heavy (non-hydrogen) atoms. The van der Waals surface area contributed by atoms with Gasteiger partial charge in [0.2, 0.25) is 0 Å². The topological polar surface area (TPSA) is 20.3 Å². The lowest BCUT2D eigenvalue weighted by Gasteiger charge is -2.40. The molecule has 0 N–H and O–H groups in total. The molecule has 2 aromatic rings. The van der Waals surface area contributed by atoms with E-state index in [1.54, 1.807) is 4.90 Å². The number of carbonyl (C=O) groups excluding carboxylic acids is 1. The maximum absolute atomic E-state index is 11.9. The first-order valence-electron chi connectivity index (χ1n) is 6.63. The first-order chi connectivity index (χ1) is 9.43. The molecule has 2 aromatic carbocycles. The fourth-order valence-corrected chi connectivity index (χ4v) is 3.20. The molecule has 0 bridgehead atoms. The quantitative estimate of drug-likeness (QED) is 0.485. The van der Waals surface area contributed by atoms with Crippen molar-refractivity contribution in [1.82, 2.24) is 0 Å². The third-order valence-corrected chi connectivity index (χ3v) is 4.23. The van der Waals surface area contributed by atoms with Gasteiger partial charge in [0.25, 0.3) is 0 Å². The summed E-state index contributed by atoms with van der Waals surface area (Å²) in [5.74, 6) is 0. The summed E-state index contributed by atoms with van der Waals surface area (Å²) in [7, 11) is 0. The van der Waals surface area contributed by atoms with Crippen molar-refractivity contribution in [2.45, 2.75) is 26.2 Å². The summed E-state index contributed by atoms with van der Waals surface area (Å²) in [4.78, 5) is 13.5. The van der Waals surface area contributed by atoms with Crippen molar-refractivity contribution < 1.29 is 4.79 Å². The average molecular weight is 286 g/mol. The van der Waals surface area contributed by atoms with E-state index in [9.17, 15) is 4.79 Å². The summed E-state index contributed by atoms with van der Waals surface area (Å²) in [5.41, 5.74) is 4.95. The Kier molecular flexibility index (Phi) is 2.87. The Morgan fingerprint density at radius 2 is 1.70 bits per heavy atom. The lowest BCUT2D eigenvalue weighted by Crippen LogP contribution is -2.34. The molecule has 0 unspecified atom stereocenters. The lowest BCUT2D eigenvalue weighted by molar-refractivity contribution is 0.265. The molecule has 0 saturated heterocycles. The van der Waals surface area contributed by atoms with E-state index in [0.29, 0.717) is 0 Å². The van der Waals surface area contributed by atoms with Crippen LogP contribution in [0.4, 0.5) is 16.2 Å². The number of nitrogens with zero attached hydrogens (tertiary/aromatic N) is 1. The van der Waals surface area contributed by atoms with Crippen LogP contribution in [-0.2, 0) is 5.41 Å². The number of hydrogen-bond donors (Lipinski definition) is 0. The van der Waals surface area contributed by atoms with E-state index in [4.69, 9.17) is 11.6 Å². The van der Waals surface area contributed by atoms with Gasteiger partial charge in [-0.1, -0.05) is 44.2 Å². The second kappa shape index (κ2) is 4.35.